The van der Waals surface area contributed by atoms with Crippen LogP contribution < -0.4 is 5.32 Å². The summed E-state index contributed by atoms with van der Waals surface area (Å²) in [6.07, 6.45) is 2.95. The first-order valence-corrected chi connectivity index (χ1v) is 9.47. The summed E-state index contributed by atoms with van der Waals surface area (Å²) in [5.74, 6) is -0.630. The molecule has 0 radical (unpaired) electrons. The van der Waals surface area contributed by atoms with E-state index in [0.717, 1.165) is 16.7 Å². The molecule has 0 unspecified atom stereocenters. The highest BCUT2D eigenvalue weighted by Crippen LogP contribution is 2.34. The third-order valence-electron chi connectivity index (χ3n) is 3.83. The molecule has 1 saturated heterocycles. The van der Waals surface area contributed by atoms with Crippen molar-refractivity contribution in [2.75, 3.05) is 13.1 Å². The number of aryl methyl sites for hydroxylation is 1. The number of imide groups is 1. The quantitative estimate of drug-likeness (QED) is 0.721. The van der Waals surface area contributed by atoms with E-state index in [2.05, 4.69) is 5.32 Å². The molecule has 0 aliphatic carbocycles. The normalized spacial score (nSPS) is 15.7. The van der Waals surface area contributed by atoms with E-state index in [-0.39, 0.29) is 23.8 Å². The van der Waals surface area contributed by atoms with E-state index in [1.54, 1.807) is 31.2 Å². The van der Waals surface area contributed by atoms with Gasteiger partial charge in [0.1, 0.15) is 0 Å². The predicted octanol–water partition coefficient (Wildman–Crippen LogP) is 4.36. The summed E-state index contributed by atoms with van der Waals surface area (Å²) in [6, 6.07) is 6.72. The lowest BCUT2D eigenvalue weighted by molar-refractivity contribution is -0.122. The number of nitrogens with one attached hydrogen (secondary N) is 1. The minimum absolute atomic E-state index is 0.0524. The average molecular weight is 425 g/mol. The summed E-state index contributed by atoms with van der Waals surface area (Å²) in [5.41, 5.74) is 1.26. The highest BCUT2D eigenvalue weighted by molar-refractivity contribution is 8.18. The number of halogens is 2. The SMILES string of the molecule is Cc1ccoc1C(=O)NCCN1C(=O)S/C(=C\c2cccc(Cl)c2Cl)C1=O. The van der Waals surface area contributed by atoms with E-state index in [0.29, 0.717) is 21.2 Å². The molecular weight excluding hydrogens is 411 g/mol. The molecule has 2 heterocycles. The summed E-state index contributed by atoms with van der Waals surface area (Å²) >= 11 is 12.9. The van der Waals surface area contributed by atoms with Crippen molar-refractivity contribution in [2.24, 2.45) is 0 Å². The molecular formula is C18H14Cl2N2O4S. The van der Waals surface area contributed by atoms with E-state index in [1.165, 1.54) is 12.3 Å². The fraction of sp³-hybridized carbons (Fsp3) is 0.167. The summed E-state index contributed by atoms with van der Waals surface area (Å²) in [7, 11) is 0. The summed E-state index contributed by atoms with van der Waals surface area (Å²) < 4.78 is 5.10. The van der Waals surface area contributed by atoms with Gasteiger partial charge < -0.3 is 9.73 Å². The van der Waals surface area contributed by atoms with Crippen LogP contribution in [-0.4, -0.2) is 35.0 Å². The third kappa shape index (κ3) is 4.21. The second kappa shape index (κ2) is 8.21. The number of thioether (sulfide) groups is 1. The van der Waals surface area contributed by atoms with Crippen LogP contribution in [0.4, 0.5) is 4.79 Å². The number of benzene rings is 1. The zero-order valence-corrected chi connectivity index (χ0v) is 16.5. The lowest BCUT2D eigenvalue weighted by Gasteiger charge is -2.12. The maximum atomic E-state index is 12.5. The average Bonchev–Trinajstić information content (AvgIpc) is 3.17. The Morgan fingerprint density at radius 3 is 2.78 bits per heavy atom. The molecule has 1 aromatic carbocycles. The van der Waals surface area contributed by atoms with Gasteiger partial charge >= 0.3 is 0 Å². The van der Waals surface area contributed by atoms with Crippen molar-refractivity contribution in [3.8, 4) is 0 Å². The molecule has 6 nitrogen and oxygen atoms in total. The number of furan rings is 1. The van der Waals surface area contributed by atoms with E-state index in [4.69, 9.17) is 27.6 Å². The maximum absolute atomic E-state index is 12.5. The Morgan fingerprint density at radius 2 is 2.07 bits per heavy atom. The minimum atomic E-state index is -0.440. The Balaban J connectivity index is 1.64. The van der Waals surface area contributed by atoms with Gasteiger partial charge in [0.15, 0.2) is 5.76 Å². The molecule has 0 bridgehead atoms. The molecule has 140 valence electrons. The van der Waals surface area contributed by atoms with Crippen molar-refractivity contribution >= 4 is 58.1 Å². The van der Waals surface area contributed by atoms with Crippen LogP contribution in [0.5, 0.6) is 0 Å². The van der Waals surface area contributed by atoms with E-state index in [9.17, 15) is 14.4 Å². The second-order valence-corrected chi connectivity index (χ2v) is 7.44. The monoisotopic (exact) mass is 424 g/mol. The Kier molecular flexibility index (Phi) is 5.94. The van der Waals surface area contributed by atoms with Crippen molar-refractivity contribution in [1.82, 2.24) is 10.2 Å². The highest BCUT2D eigenvalue weighted by atomic mass is 35.5. The summed E-state index contributed by atoms with van der Waals surface area (Å²) in [5, 5.41) is 2.89. The van der Waals surface area contributed by atoms with Crippen molar-refractivity contribution < 1.29 is 18.8 Å². The van der Waals surface area contributed by atoms with Gasteiger partial charge in [-0.1, -0.05) is 35.3 Å². The van der Waals surface area contributed by atoms with Gasteiger partial charge in [-0.15, -0.1) is 0 Å². The van der Waals surface area contributed by atoms with Gasteiger partial charge in [-0.3, -0.25) is 19.3 Å². The van der Waals surface area contributed by atoms with Gasteiger partial charge in [0.05, 0.1) is 21.2 Å². The molecule has 2 aromatic rings. The van der Waals surface area contributed by atoms with Crippen LogP contribution in [0.1, 0.15) is 21.7 Å². The molecule has 0 spiro atoms. The van der Waals surface area contributed by atoms with E-state index in [1.807, 2.05) is 0 Å². The third-order valence-corrected chi connectivity index (χ3v) is 5.57. The Morgan fingerprint density at radius 1 is 1.30 bits per heavy atom. The first-order chi connectivity index (χ1) is 12.9. The molecule has 1 N–H and O–H groups in total. The van der Waals surface area contributed by atoms with Gasteiger partial charge in [-0.05, 0) is 42.5 Å². The van der Waals surface area contributed by atoms with Gasteiger partial charge in [0, 0.05) is 18.7 Å². The maximum Gasteiger partial charge on any atom is 0.293 e. The van der Waals surface area contributed by atoms with Crippen molar-refractivity contribution in [3.05, 3.63) is 62.4 Å². The van der Waals surface area contributed by atoms with Crippen LogP contribution in [0.15, 0.2) is 39.9 Å². The summed E-state index contributed by atoms with van der Waals surface area (Å²) in [6.45, 7) is 1.92. The molecule has 1 aliphatic heterocycles. The van der Waals surface area contributed by atoms with Crippen LogP contribution in [0, 0.1) is 6.92 Å². The fourth-order valence-corrected chi connectivity index (χ4v) is 3.65. The molecule has 3 rings (SSSR count). The largest absolute Gasteiger partial charge is 0.459 e. The molecule has 0 atom stereocenters. The molecule has 1 aromatic heterocycles. The smallest absolute Gasteiger partial charge is 0.293 e. The number of carbonyl (C=O) groups is 3. The van der Waals surface area contributed by atoms with E-state index >= 15 is 0 Å². The number of hydrogen-bond acceptors (Lipinski definition) is 5. The fourth-order valence-electron chi connectivity index (χ4n) is 2.43. The van der Waals surface area contributed by atoms with Crippen LogP contribution in [0.25, 0.3) is 6.08 Å². The van der Waals surface area contributed by atoms with Crippen molar-refractivity contribution in [3.63, 3.8) is 0 Å². The zero-order chi connectivity index (χ0) is 19.6. The first kappa shape index (κ1) is 19.5. The number of nitrogens with zero attached hydrogens (tertiary/aromatic N) is 1. The Labute approximate surface area is 169 Å². The van der Waals surface area contributed by atoms with E-state index < -0.39 is 17.1 Å². The van der Waals surface area contributed by atoms with Crippen LogP contribution in [0.2, 0.25) is 10.0 Å². The highest BCUT2D eigenvalue weighted by Gasteiger charge is 2.34. The first-order valence-electron chi connectivity index (χ1n) is 7.90. The lowest BCUT2D eigenvalue weighted by atomic mass is 10.2. The Hall–Kier alpha value is -2.22. The molecule has 1 aliphatic rings. The summed E-state index contributed by atoms with van der Waals surface area (Å²) in [4.78, 5) is 37.9. The lowest BCUT2D eigenvalue weighted by Crippen LogP contribution is -2.37. The van der Waals surface area contributed by atoms with Crippen LogP contribution in [0.3, 0.4) is 0 Å². The van der Waals surface area contributed by atoms with Gasteiger partial charge in [0.2, 0.25) is 0 Å². The molecule has 27 heavy (non-hydrogen) atoms. The number of hydrogen-bond donors (Lipinski definition) is 1. The Bertz CT molecular complexity index is 955. The molecule has 1 fully saturated rings. The number of amides is 3. The minimum Gasteiger partial charge on any atom is -0.459 e. The second-order valence-electron chi connectivity index (χ2n) is 5.67. The number of carbonyl (C=O) groups excluding carboxylic acids is 3. The van der Waals surface area contributed by atoms with Crippen LogP contribution in [-0.2, 0) is 4.79 Å². The van der Waals surface area contributed by atoms with Crippen molar-refractivity contribution in [1.29, 1.82) is 0 Å². The standard InChI is InChI=1S/C18H14Cl2N2O4S/c1-10-5-8-26-15(10)16(23)21-6-7-22-17(24)13(27-18(22)25)9-11-3-2-4-12(19)14(11)20/h2-5,8-9H,6-7H2,1H3,(H,21,23)/b13-9-. The topological polar surface area (TPSA) is 79.6 Å². The van der Waals surface area contributed by atoms with Crippen molar-refractivity contribution in [2.45, 2.75) is 6.92 Å². The van der Waals surface area contributed by atoms with Gasteiger partial charge in [-0.2, -0.15) is 0 Å². The van der Waals surface area contributed by atoms with Crippen LogP contribution >= 0.6 is 35.0 Å². The van der Waals surface area contributed by atoms with Gasteiger partial charge in [-0.25, -0.2) is 0 Å². The van der Waals surface area contributed by atoms with Gasteiger partial charge in [0.25, 0.3) is 17.1 Å². The molecule has 3 amide bonds. The number of rotatable bonds is 5. The zero-order valence-electron chi connectivity index (χ0n) is 14.1. The molecule has 9 heteroatoms. The predicted molar refractivity (Wildman–Crippen MR) is 105 cm³/mol. The molecule has 0 saturated carbocycles.